The molecule has 0 bridgehead atoms. The molecule has 0 saturated carbocycles. The minimum absolute atomic E-state index is 0.145. The van der Waals surface area contributed by atoms with Crippen molar-refractivity contribution in [2.75, 3.05) is 32.7 Å². The highest BCUT2D eigenvalue weighted by Crippen LogP contribution is 2.28. The normalized spacial score (nSPS) is 21.7. The Balaban J connectivity index is 1.55. The predicted molar refractivity (Wildman–Crippen MR) is 114 cm³/mol. The maximum atomic E-state index is 13.6. The van der Waals surface area contributed by atoms with Gasteiger partial charge in [0.2, 0.25) is 5.91 Å². The number of carbonyl (C=O) groups is 1. The van der Waals surface area contributed by atoms with Crippen LogP contribution in [0, 0.1) is 5.82 Å². The van der Waals surface area contributed by atoms with Gasteiger partial charge >= 0.3 is 0 Å². The second-order valence-electron chi connectivity index (χ2n) is 8.44. The van der Waals surface area contributed by atoms with Crippen molar-refractivity contribution in [3.05, 3.63) is 59.9 Å². The van der Waals surface area contributed by atoms with E-state index in [1.807, 2.05) is 24.3 Å². The van der Waals surface area contributed by atoms with Gasteiger partial charge in [0, 0.05) is 19.0 Å². The highest BCUT2D eigenvalue weighted by atomic mass is 19.1. The second kappa shape index (κ2) is 9.23. The topological polar surface area (TPSA) is 49.6 Å². The third-order valence-corrected chi connectivity index (χ3v) is 6.33. The zero-order chi connectivity index (χ0) is 21.1. The Hall–Kier alpha value is -2.31. The molecule has 4 nitrogen and oxygen atoms in total. The molecule has 2 saturated heterocycles. The predicted octanol–water partition coefficient (Wildman–Crippen LogP) is 3.57. The molecule has 0 unspecified atom stereocenters. The minimum Gasteiger partial charge on any atom is -0.338 e. The fourth-order valence-electron chi connectivity index (χ4n) is 4.54. The van der Waals surface area contributed by atoms with Gasteiger partial charge in [0.1, 0.15) is 12.0 Å². The number of alkyl halides is 1. The van der Waals surface area contributed by atoms with Gasteiger partial charge in [0.15, 0.2) is 0 Å². The Morgan fingerprint density at radius 2 is 1.60 bits per heavy atom. The van der Waals surface area contributed by atoms with Gasteiger partial charge in [-0.2, -0.15) is 0 Å². The molecule has 0 aromatic heterocycles. The number of benzene rings is 2. The lowest BCUT2D eigenvalue weighted by molar-refractivity contribution is -0.132. The molecule has 4 rings (SSSR count). The van der Waals surface area contributed by atoms with E-state index in [0.29, 0.717) is 13.0 Å². The van der Waals surface area contributed by atoms with Crippen molar-refractivity contribution in [1.29, 1.82) is 0 Å². The van der Waals surface area contributed by atoms with Crippen LogP contribution in [0.5, 0.6) is 0 Å². The van der Waals surface area contributed by atoms with E-state index >= 15 is 0 Å². The average Bonchev–Trinajstić information content (AvgIpc) is 3.43. The number of nitrogens with zero attached hydrogens (tertiary/aromatic N) is 2. The van der Waals surface area contributed by atoms with Crippen molar-refractivity contribution >= 4 is 5.91 Å². The van der Waals surface area contributed by atoms with E-state index in [-0.39, 0.29) is 24.2 Å². The summed E-state index contributed by atoms with van der Waals surface area (Å²) in [7, 11) is 0. The van der Waals surface area contributed by atoms with Gasteiger partial charge in [-0.05, 0) is 61.2 Å². The molecule has 3 atom stereocenters. The molecule has 6 heteroatoms. The first-order chi connectivity index (χ1) is 14.5. The summed E-state index contributed by atoms with van der Waals surface area (Å²) < 4.78 is 26.8. The van der Waals surface area contributed by atoms with Crippen LogP contribution in [0.3, 0.4) is 0 Å². The first kappa shape index (κ1) is 20.9. The quantitative estimate of drug-likeness (QED) is 0.788. The smallest absolute Gasteiger partial charge is 0.240 e. The largest absolute Gasteiger partial charge is 0.338 e. The van der Waals surface area contributed by atoms with Crippen LogP contribution >= 0.6 is 0 Å². The molecule has 2 aromatic rings. The second-order valence-corrected chi connectivity index (χ2v) is 8.44. The van der Waals surface area contributed by atoms with E-state index in [2.05, 4.69) is 4.90 Å². The number of amides is 1. The third-order valence-electron chi connectivity index (χ3n) is 6.33. The number of hydrogen-bond donors (Lipinski definition) is 1. The number of halogens is 2. The van der Waals surface area contributed by atoms with Gasteiger partial charge in [0.25, 0.3) is 0 Å². The zero-order valence-corrected chi connectivity index (χ0v) is 17.1. The summed E-state index contributed by atoms with van der Waals surface area (Å²) in [6.07, 6.45) is 1.76. The monoisotopic (exact) mass is 413 g/mol. The Kier molecular flexibility index (Phi) is 6.44. The van der Waals surface area contributed by atoms with Crippen LogP contribution in [0.25, 0.3) is 11.1 Å². The third kappa shape index (κ3) is 4.71. The summed E-state index contributed by atoms with van der Waals surface area (Å²) in [4.78, 5) is 16.9. The van der Waals surface area contributed by atoms with Gasteiger partial charge in [-0.15, -0.1) is 0 Å². The van der Waals surface area contributed by atoms with Crippen molar-refractivity contribution in [3.63, 3.8) is 0 Å². The van der Waals surface area contributed by atoms with Crippen LogP contribution in [0.15, 0.2) is 48.5 Å². The Bertz CT molecular complexity index is 850. The summed E-state index contributed by atoms with van der Waals surface area (Å²) in [5.74, 6) is -0.582. The van der Waals surface area contributed by atoms with Crippen LogP contribution < -0.4 is 5.73 Å². The van der Waals surface area contributed by atoms with Crippen molar-refractivity contribution in [1.82, 2.24) is 9.80 Å². The lowest BCUT2D eigenvalue weighted by Crippen LogP contribution is -2.48. The van der Waals surface area contributed by atoms with Crippen molar-refractivity contribution in [2.24, 2.45) is 5.73 Å². The van der Waals surface area contributed by atoms with Crippen molar-refractivity contribution in [2.45, 2.75) is 37.4 Å². The number of nitrogens with two attached hydrogens (primary N) is 1. The zero-order valence-electron chi connectivity index (χ0n) is 17.1. The van der Waals surface area contributed by atoms with E-state index in [1.165, 1.54) is 12.1 Å². The summed E-state index contributed by atoms with van der Waals surface area (Å²) in [6.45, 7) is 3.33. The van der Waals surface area contributed by atoms with Crippen molar-refractivity contribution < 1.29 is 13.6 Å². The number of rotatable bonds is 6. The molecular weight excluding hydrogens is 384 g/mol. The number of likely N-dealkylation sites (tertiary alicyclic amines) is 2. The molecule has 0 radical (unpaired) electrons. The first-order valence-corrected chi connectivity index (χ1v) is 10.8. The Morgan fingerprint density at radius 3 is 2.17 bits per heavy atom. The molecule has 2 aliphatic rings. The Labute approximate surface area is 176 Å². The Morgan fingerprint density at radius 1 is 1.00 bits per heavy atom. The molecule has 2 N–H and O–H groups in total. The number of carbonyl (C=O) groups excluding carboxylic acids is 1. The summed E-state index contributed by atoms with van der Waals surface area (Å²) in [5.41, 5.74) is 9.41. The van der Waals surface area contributed by atoms with Gasteiger partial charge < -0.3 is 15.5 Å². The summed E-state index contributed by atoms with van der Waals surface area (Å²) in [6, 6.07) is 13.7. The lowest BCUT2D eigenvalue weighted by Gasteiger charge is -2.30. The maximum absolute atomic E-state index is 13.6. The fourth-order valence-corrected chi connectivity index (χ4v) is 4.54. The number of hydrogen-bond acceptors (Lipinski definition) is 3. The van der Waals surface area contributed by atoms with Crippen LogP contribution in [0.1, 0.15) is 30.7 Å². The maximum Gasteiger partial charge on any atom is 0.240 e. The molecule has 1 amide bonds. The van der Waals surface area contributed by atoms with Crippen molar-refractivity contribution in [3.8, 4) is 11.1 Å². The molecular formula is C24H29F2N3O. The van der Waals surface area contributed by atoms with E-state index in [4.69, 9.17) is 5.73 Å². The highest BCUT2D eigenvalue weighted by molar-refractivity contribution is 5.83. The molecule has 0 aliphatic carbocycles. The summed E-state index contributed by atoms with van der Waals surface area (Å²) >= 11 is 0. The van der Waals surface area contributed by atoms with Gasteiger partial charge in [-0.3, -0.25) is 4.79 Å². The molecule has 2 heterocycles. The molecule has 0 spiro atoms. The molecule has 2 fully saturated rings. The minimum atomic E-state index is -0.951. The van der Waals surface area contributed by atoms with Crippen LogP contribution in [-0.2, 0) is 4.79 Å². The SMILES string of the molecule is N[C@H](C(=O)N1CC[C@H](F)C1)[C@@H](CN1CCCC1)c1ccc(-c2ccc(F)cc2)cc1. The van der Waals surface area contributed by atoms with Gasteiger partial charge in [-0.1, -0.05) is 36.4 Å². The van der Waals surface area contributed by atoms with Crippen LogP contribution in [0.2, 0.25) is 0 Å². The molecule has 160 valence electrons. The molecule has 2 aromatic carbocycles. The first-order valence-electron chi connectivity index (χ1n) is 10.8. The standard InChI is InChI=1S/C24H29F2N3O/c25-20-9-7-18(8-10-20)17-3-5-19(6-4-17)22(16-28-12-1-2-13-28)23(27)24(30)29-14-11-21(26)15-29/h3-10,21-23H,1-2,11-16,27H2/t21-,22-,23-/m0/s1. The van der Waals surface area contributed by atoms with Gasteiger partial charge in [0.05, 0.1) is 12.6 Å². The van der Waals surface area contributed by atoms with Gasteiger partial charge in [-0.25, -0.2) is 8.78 Å². The molecule has 2 aliphatic heterocycles. The van der Waals surface area contributed by atoms with E-state index < -0.39 is 12.2 Å². The van der Waals surface area contributed by atoms with Crippen LogP contribution in [-0.4, -0.2) is 60.6 Å². The van der Waals surface area contributed by atoms with Crippen LogP contribution in [0.4, 0.5) is 8.78 Å². The highest BCUT2D eigenvalue weighted by Gasteiger charge is 2.35. The fraction of sp³-hybridized carbons (Fsp3) is 0.458. The van der Waals surface area contributed by atoms with E-state index in [9.17, 15) is 13.6 Å². The van der Waals surface area contributed by atoms with E-state index in [0.717, 1.165) is 49.2 Å². The summed E-state index contributed by atoms with van der Waals surface area (Å²) in [5, 5.41) is 0. The molecule has 30 heavy (non-hydrogen) atoms. The lowest BCUT2D eigenvalue weighted by atomic mass is 9.89. The average molecular weight is 414 g/mol. The van der Waals surface area contributed by atoms with E-state index in [1.54, 1.807) is 17.0 Å².